The summed E-state index contributed by atoms with van der Waals surface area (Å²) >= 11 is 1.75. The summed E-state index contributed by atoms with van der Waals surface area (Å²) in [6.07, 6.45) is 4.39. The number of nitrogens with zero attached hydrogens (tertiary/aromatic N) is 6. The molecule has 186 valence electrons. The lowest BCUT2D eigenvalue weighted by Gasteiger charge is -2.34. The van der Waals surface area contributed by atoms with Crippen molar-refractivity contribution >= 4 is 44.2 Å². The zero-order valence-electron chi connectivity index (χ0n) is 20.2. The number of aromatic amines is 1. The van der Waals surface area contributed by atoms with Crippen LogP contribution in [0.4, 0.5) is 5.82 Å². The Morgan fingerprint density at radius 3 is 2.83 bits per heavy atom. The fourth-order valence-corrected chi connectivity index (χ4v) is 6.39. The van der Waals surface area contributed by atoms with E-state index in [-0.39, 0.29) is 5.91 Å². The van der Waals surface area contributed by atoms with Gasteiger partial charge in [-0.2, -0.15) is 5.10 Å². The van der Waals surface area contributed by atoms with Gasteiger partial charge in [0.15, 0.2) is 11.6 Å². The van der Waals surface area contributed by atoms with Crippen molar-refractivity contribution in [3.8, 4) is 11.4 Å². The number of carbonyl (C=O) groups excluding carboxylic acids is 1. The highest BCUT2D eigenvalue weighted by atomic mass is 32.1. The van der Waals surface area contributed by atoms with Crippen molar-refractivity contribution in [1.82, 2.24) is 30.0 Å². The van der Waals surface area contributed by atoms with Crippen LogP contribution in [0.5, 0.6) is 0 Å². The summed E-state index contributed by atoms with van der Waals surface area (Å²) in [4.78, 5) is 30.7. The summed E-state index contributed by atoms with van der Waals surface area (Å²) < 4.78 is 6.72. The summed E-state index contributed by atoms with van der Waals surface area (Å²) in [5, 5.41) is 8.28. The average Bonchev–Trinajstić information content (AvgIpc) is 3.42. The van der Waals surface area contributed by atoms with Gasteiger partial charge in [0, 0.05) is 55.1 Å². The minimum absolute atomic E-state index is 0.263. The van der Waals surface area contributed by atoms with E-state index in [1.807, 2.05) is 18.3 Å². The summed E-state index contributed by atoms with van der Waals surface area (Å²) in [6, 6.07) is 8.27. The first-order chi connectivity index (χ1) is 17.7. The van der Waals surface area contributed by atoms with Gasteiger partial charge < -0.3 is 14.5 Å². The third-order valence-corrected chi connectivity index (χ3v) is 8.50. The van der Waals surface area contributed by atoms with E-state index >= 15 is 0 Å². The number of thiophene rings is 1. The summed E-state index contributed by atoms with van der Waals surface area (Å²) in [5.74, 6) is 2.69. The van der Waals surface area contributed by atoms with E-state index in [1.165, 1.54) is 17.7 Å². The number of carbonyl (C=O) groups is 1. The Kier molecular flexibility index (Phi) is 5.60. The molecule has 9 nitrogen and oxygen atoms in total. The standard InChI is InChI=1S/C26H29N7O2S/c34-23-16-31(6-7-33(23)14-17-4-5-17)15-18-12-22-24(36-18)26(32-8-10-35-11-9-32)29-25(28-22)19-2-1-3-21-20(19)13-27-30-21/h1-3,12-13,17H,4-11,14-16H2,(H,27,30). The first-order valence-corrected chi connectivity index (χ1v) is 13.6. The lowest BCUT2D eigenvalue weighted by molar-refractivity contribution is -0.136. The number of fused-ring (bicyclic) bond motifs is 2. The summed E-state index contributed by atoms with van der Waals surface area (Å²) in [5.41, 5.74) is 2.91. The molecule has 1 aliphatic carbocycles. The minimum Gasteiger partial charge on any atom is -0.378 e. The molecule has 36 heavy (non-hydrogen) atoms. The molecule has 3 fully saturated rings. The van der Waals surface area contributed by atoms with E-state index in [4.69, 9.17) is 14.7 Å². The molecule has 1 saturated carbocycles. The quantitative estimate of drug-likeness (QED) is 0.432. The molecule has 0 bridgehead atoms. The molecule has 0 unspecified atom stereocenters. The number of aromatic nitrogens is 4. The van der Waals surface area contributed by atoms with Crippen molar-refractivity contribution in [3.05, 3.63) is 35.3 Å². The first-order valence-electron chi connectivity index (χ1n) is 12.8. The minimum atomic E-state index is 0.263. The van der Waals surface area contributed by atoms with Gasteiger partial charge in [-0.1, -0.05) is 12.1 Å². The Hall–Kier alpha value is -3.08. The van der Waals surface area contributed by atoms with Crippen LogP contribution in [0.2, 0.25) is 0 Å². The molecule has 2 aliphatic heterocycles. The second-order valence-corrected chi connectivity index (χ2v) is 11.2. The molecule has 7 rings (SSSR count). The number of piperazine rings is 1. The monoisotopic (exact) mass is 503 g/mol. The maximum absolute atomic E-state index is 12.7. The van der Waals surface area contributed by atoms with E-state index in [1.54, 1.807) is 11.3 Å². The molecule has 0 atom stereocenters. The predicted octanol–water partition coefficient (Wildman–Crippen LogP) is 3.13. The fraction of sp³-hybridized carbons (Fsp3) is 0.462. The van der Waals surface area contributed by atoms with Crippen LogP contribution in [0, 0.1) is 5.92 Å². The second-order valence-electron chi connectivity index (χ2n) is 10.0. The van der Waals surface area contributed by atoms with Gasteiger partial charge in [-0.3, -0.25) is 14.8 Å². The van der Waals surface area contributed by atoms with Gasteiger partial charge in [0.1, 0.15) is 0 Å². The normalized spacial score (nSPS) is 19.6. The third kappa shape index (κ3) is 4.23. The number of hydrogen-bond donors (Lipinski definition) is 1. The van der Waals surface area contributed by atoms with Crippen LogP contribution in [0.1, 0.15) is 17.7 Å². The van der Waals surface area contributed by atoms with Crippen molar-refractivity contribution in [3.63, 3.8) is 0 Å². The zero-order chi connectivity index (χ0) is 24.1. The Bertz CT molecular complexity index is 1420. The number of H-pyrrole nitrogens is 1. The molecule has 3 aromatic heterocycles. The number of morpholine rings is 1. The van der Waals surface area contributed by atoms with Gasteiger partial charge in [0.05, 0.1) is 41.7 Å². The highest BCUT2D eigenvalue weighted by Crippen LogP contribution is 2.36. The van der Waals surface area contributed by atoms with Crippen molar-refractivity contribution in [2.45, 2.75) is 19.4 Å². The van der Waals surface area contributed by atoms with Gasteiger partial charge in [-0.25, -0.2) is 9.97 Å². The molecule has 4 aromatic rings. The number of hydrogen-bond acceptors (Lipinski definition) is 8. The Balaban J connectivity index is 1.21. The van der Waals surface area contributed by atoms with Crippen molar-refractivity contribution in [2.75, 3.05) is 57.4 Å². The number of nitrogens with one attached hydrogen (secondary N) is 1. The van der Waals surface area contributed by atoms with E-state index in [2.05, 4.69) is 37.0 Å². The van der Waals surface area contributed by atoms with Crippen LogP contribution in [0.3, 0.4) is 0 Å². The van der Waals surface area contributed by atoms with Crippen LogP contribution in [-0.2, 0) is 16.1 Å². The van der Waals surface area contributed by atoms with E-state index in [9.17, 15) is 4.79 Å². The van der Waals surface area contributed by atoms with Crippen molar-refractivity contribution in [1.29, 1.82) is 0 Å². The fourth-order valence-electron chi connectivity index (χ4n) is 5.23. The molecule has 1 N–H and O–H groups in total. The third-order valence-electron chi connectivity index (χ3n) is 7.39. The molecular formula is C26H29N7O2S. The molecule has 10 heteroatoms. The Morgan fingerprint density at radius 2 is 2.00 bits per heavy atom. The number of amides is 1. The molecule has 5 heterocycles. The number of anilines is 1. The molecule has 0 spiro atoms. The van der Waals surface area contributed by atoms with Crippen LogP contribution in [-0.4, -0.2) is 88.4 Å². The lowest BCUT2D eigenvalue weighted by atomic mass is 10.1. The van der Waals surface area contributed by atoms with Gasteiger partial charge in [0.2, 0.25) is 5.91 Å². The number of rotatable bonds is 6. The highest BCUT2D eigenvalue weighted by molar-refractivity contribution is 7.19. The Morgan fingerprint density at radius 1 is 1.11 bits per heavy atom. The van der Waals surface area contributed by atoms with Crippen LogP contribution < -0.4 is 4.90 Å². The lowest BCUT2D eigenvalue weighted by Crippen LogP contribution is -2.50. The molecule has 1 aromatic carbocycles. The summed E-state index contributed by atoms with van der Waals surface area (Å²) in [7, 11) is 0. The van der Waals surface area contributed by atoms with Crippen LogP contribution in [0.25, 0.3) is 32.5 Å². The maximum atomic E-state index is 12.7. The molecule has 3 aliphatic rings. The molecule has 0 radical (unpaired) electrons. The zero-order valence-corrected chi connectivity index (χ0v) is 21.0. The molecular weight excluding hydrogens is 474 g/mol. The van der Waals surface area contributed by atoms with Gasteiger partial charge in [-0.05, 0) is 30.9 Å². The van der Waals surface area contributed by atoms with E-state index < -0.39 is 0 Å². The number of benzene rings is 1. The van der Waals surface area contributed by atoms with Crippen LogP contribution in [0.15, 0.2) is 30.5 Å². The average molecular weight is 504 g/mol. The summed E-state index contributed by atoms with van der Waals surface area (Å²) in [6.45, 7) is 6.97. The smallest absolute Gasteiger partial charge is 0.236 e. The predicted molar refractivity (Wildman–Crippen MR) is 140 cm³/mol. The van der Waals surface area contributed by atoms with Crippen LogP contribution >= 0.6 is 11.3 Å². The number of ether oxygens (including phenoxy) is 1. The van der Waals surface area contributed by atoms with Gasteiger partial charge in [0.25, 0.3) is 0 Å². The van der Waals surface area contributed by atoms with Gasteiger partial charge in [-0.15, -0.1) is 11.3 Å². The van der Waals surface area contributed by atoms with E-state index in [0.29, 0.717) is 25.6 Å². The molecule has 2 saturated heterocycles. The topological polar surface area (TPSA) is 90.5 Å². The SMILES string of the molecule is O=C1CN(Cc2cc3nc(-c4cccc5[nH]ncc45)nc(N4CCOCC4)c3s2)CCN1CC1CC1. The van der Waals surface area contributed by atoms with Crippen molar-refractivity contribution in [2.24, 2.45) is 5.92 Å². The Labute approximate surface area is 213 Å². The second kappa shape index (κ2) is 9.10. The first kappa shape index (κ1) is 22.1. The maximum Gasteiger partial charge on any atom is 0.236 e. The highest BCUT2D eigenvalue weighted by Gasteiger charge is 2.30. The largest absolute Gasteiger partial charge is 0.378 e. The van der Waals surface area contributed by atoms with Crippen molar-refractivity contribution < 1.29 is 9.53 Å². The van der Waals surface area contributed by atoms with Gasteiger partial charge >= 0.3 is 0 Å². The molecule has 1 amide bonds. The van der Waals surface area contributed by atoms with E-state index in [0.717, 1.165) is 77.7 Å².